The van der Waals surface area contributed by atoms with Crippen LogP contribution in [0.3, 0.4) is 0 Å². The molecular weight excluding hydrogens is 368 g/mol. The summed E-state index contributed by atoms with van der Waals surface area (Å²) in [4.78, 5) is 21.3. The average Bonchev–Trinajstić information content (AvgIpc) is 3.16. The van der Waals surface area contributed by atoms with Crippen LogP contribution in [0, 0.1) is 10.1 Å². The molecule has 0 atom stereocenters. The van der Waals surface area contributed by atoms with Crippen LogP contribution in [0.25, 0.3) is 22.6 Å². The Morgan fingerprint density at radius 2 is 1.76 bits per heavy atom. The van der Waals surface area contributed by atoms with Gasteiger partial charge in [0.05, 0.1) is 10.6 Å². The zero-order chi connectivity index (χ0) is 20.4. The number of hydrogen-bond acceptors (Lipinski definition) is 6. The molecule has 0 saturated carbocycles. The van der Waals surface area contributed by atoms with E-state index in [4.69, 9.17) is 4.42 Å². The van der Waals surface area contributed by atoms with Crippen molar-refractivity contribution >= 4 is 34.4 Å². The smallest absolute Gasteiger partial charge is 0.269 e. The Morgan fingerprint density at radius 1 is 1.03 bits per heavy atom. The molecule has 7 nitrogen and oxygen atoms in total. The lowest BCUT2D eigenvalue weighted by atomic mass is 10.2. The molecule has 0 saturated heterocycles. The van der Waals surface area contributed by atoms with E-state index >= 15 is 0 Å². The number of fused-ring (bicyclic) bond motifs is 1. The minimum absolute atomic E-state index is 0.0531. The second-order valence-electron chi connectivity index (χ2n) is 6.72. The fourth-order valence-electron chi connectivity index (χ4n) is 2.85. The van der Waals surface area contributed by atoms with Gasteiger partial charge in [-0.2, -0.15) is 0 Å². The summed E-state index contributed by atoms with van der Waals surface area (Å²) in [5.41, 5.74) is 4.96. The van der Waals surface area contributed by atoms with E-state index in [1.54, 1.807) is 18.3 Å². The van der Waals surface area contributed by atoms with Crippen LogP contribution >= 0.6 is 0 Å². The van der Waals surface area contributed by atoms with E-state index in [2.05, 4.69) is 9.98 Å². The molecule has 7 heteroatoms. The number of hydrogen-bond donors (Lipinski definition) is 0. The summed E-state index contributed by atoms with van der Waals surface area (Å²) in [6.07, 6.45) is 1.66. The molecule has 3 aromatic carbocycles. The number of anilines is 1. The Balaban J connectivity index is 1.57. The molecule has 0 N–H and O–H groups in total. The van der Waals surface area contributed by atoms with E-state index < -0.39 is 4.92 Å². The van der Waals surface area contributed by atoms with Crippen LogP contribution in [-0.4, -0.2) is 30.2 Å². The molecule has 0 aliphatic heterocycles. The summed E-state index contributed by atoms with van der Waals surface area (Å²) in [5, 5.41) is 10.7. The molecule has 1 aromatic heterocycles. The van der Waals surface area contributed by atoms with Crippen molar-refractivity contribution in [3.63, 3.8) is 0 Å². The first-order valence-corrected chi connectivity index (χ1v) is 8.96. The number of rotatable bonds is 5. The van der Waals surface area contributed by atoms with E-state index in [0.29, 0.717) is 11.5 Å². The molecule has 0 aliphatic carbocycles. The molecule has 0 unspecified atom stereocenters. The van der Waals surface area contributed by atoms with E-state index in [1.807, 2.05) is 61.5 Å². The Hall–Kier alpha value is -4.00. The number of nitro benzene ring substituents is 1. The van der Waals surface area contributed by atoms with E-state index in [0.717, 1.165) is 28.0 Å². The van der Waals surface area contributed by atoms with Crippen molar-refractivity contribution in [3.05, 3.63) is 82.4 Å². The first-order chi connectivity index (χ1) is 14.0. The number of oxazole rings is 1. The van der Waals surface area contributed by atoms with Gasteiger partial charge in [-0.25, -0.2) is 4.98 Å². The number of benzene rings is 3. The largest absolute Gasteiger partial charge is 0.436 e. The van der Waals surface area contributed by atoms with Crippen LogP contribution in [0.2, 0.25) is 0 Å². The van der Waals surface area contributed by atoms with Crippen molar-refractivity contribution in [3.8, 4) is 11.5 Å². The van der Waals surface area contributed by atoms with Gasteiger partial charge < -0.3 is 9.32 Å². The van der Waals surface area contributed by atoms with Crippen LogP contribution in [-0.2, 0) is 0 Å². The number of aliphatic imine (C=N–C) groups is 1. The van der Waals surface area contributed by atoms with Gasteiger partial charge in [0.2, 0.25) is 5.89 Å². The average molecular weight is 386 g/mol. The van der Waals surface area contributed by atoms with Crippen molar-refractivity contribution in [1.29, 1.82) is 0 Å². The van der Waals surface area contributed by atoms with Gasteiger partial charge in [0.25, 0.3) is 5.69 Å². The molecule has 1 heterocycles. The zero-order valence-corrected chi connectivity index (χ0v) is 15.9. The van der Waals surface area contributed by atoms with E-state index in [-0.39, 0.29) is 5.69 Å². The Labute approximate surface area is 167 Å². The quantitative estimate of drug-likeness (QED) is 0.267. The fourth-order valence-corrected chi connectivity index (χ4v) is 2.85. The molecular formula is C22H18N4O3. The highest BCUT2D eigenvalue weighted by Crippen LogP contribution is 2.28. The minimum Gasteiger partial charge on any atom is -0.436 e. The van der Waals surface area contributed by atoms with Crippen molar-refractivity contribution in [2.75, 3.05) is 19.0 Å². The van der Waals surface area contributed by atoms with Crippen molar-refractivity contribution in [1.82, 2.24) is 4.98 Å². The van der Waals surface area contributed by atoms with Gasteiger partial charge in [0.15, 0.2) is 5.58 Å². The third-order valence-electron chi connectivity index (χ3n) is 4.47. The Morgan fingerprint density at radius 3 is 2.41 bits per heavy atom. The first kappa shape index (κ1) is 18.4. The maximum atomic E-state index is 10.7. The van der Waals surface area contributed by atoms with Crippen molar-refractivity contribution in [2.45, 2.75) is 0 Å². The second kappa shape index (κ2) is 7.55. The predicted octanol–water partition coefficient (Wildman–Crippen LogP) is 5.22. The van der Waals surface area contributed by atoms with Crippen LogP contribution < -0.4 is 4.90 Å². The molecule has 0 aliphatic rings. The summed E-state index contributed by atoms with van der Waals surface area (Å²) in [6, 6.07) is 19.7. The lowest BCUT2D eigenvalue weighted by molar-refractivity contribution is -0.384. The third-order valence-corrected chi connectivity index (χ3v) is 4.47. The molecule has 4 aromatic rings. The van der Waals surface area contributed by atoms with Gasteiger partial charge in [-0.15, -0.1) is 0 Å². The topological polar surface area (TPSA) is 84.8 Å². The lowest BCUT2D eigenvalue weighted by Gasteiger charge is -2.11. The van der Waals surface area contributed by atoms with Crippen LogP contribution in [0.1, 0.15) is 5.56 Å². The number of aromatic nitrogens is 1. The second-order valence-corrected chi connectivity index (χ2v) is 6.72. The molecule has 144 valence electrons. The van der Waals surface area contributed by atoms with E-state index in [9.17, 15) is 10.1 Å². The molecule has 29 heavy (non-hydrogen) atoms. The van der Waals surface area contributed by atoms with Gasteiger partial charge >= 0.3 is 0 Å². The maximum absolute atomic E-state index is 10.7. The van der Waals surface area contributed by atoms with Crippen molar-refractivity contribution in [2.24, 2.45) is 4.99 Å². The van der Waals surface area contributed by atoms with Crippen molar-refractivity contribution < 1.29 is 9.34 Å². The normalized spacial score (nSPS) is 11.2. The van der Waals surface area contributed by atoms with Gasteiger partial charge in [-0.3, -0.25) is 15.1 Å². The van der Waals surface area contributed by atoms with Gasteiger partial charge in [-0.1, -0.05) is 0 Å². The highest BCUT2D eigenvalue weighted by Gasteiger charge is 2.09. The molecule has 0 radical (unpaired) electrons. The zero-order valence-electron chi connectivity index (χ0n) is 15.9. The van der Waals surface area contributed by atoms with Gasteiger partial charge in [0, 0.05) is 43.7 Å². The number of non-ortho nitro benzene ring substituents is 1. The fraction of sp³-hybridized carbons (Fsp3) is 0.0909. The first-order valence-electron chi connectivity index (χ1n) is 8.96. The van der Waals surface area contributed by atoms with E-state index in [1.165, 1.54) is 12.1 Å². The maximum Gasteiger partial charge on any atom is 0.269 e. The summed E-state index contributed by atoms with van der Waals surface area (Å²) in [5.74, 6) is 0.557. The number of nitrogens with zero attached hydrogens (tertiary/aromatic N) is 4. The molecule has 4 rings (SSSR count). The van der Waals surface area contributed by atoms with Crippen LogP contribution in [0.5, 0.6) is 0 Å². The summed E-state index contributed by atoms with van der Waals surface area (Å²) in [6.45, 7) is 0. The minimum atomic E-state index is -0.426. The molecule has 0 spiro atoms. The SMILES string of the molecule is CN(C)c1ccc(-c2nc3cc(N=Cc4ccc([N+](=O)[O-])cc4)ccc3o2)cc1. The van der Waals surface area contributed by atoms with Gasteiger partial charge in [-0.05, 0) is 60.2 Å². The summed E-state index contributed by atoms with van der Waals surface area (Å²) in [7, 11) is 3.99. The van der Waals surface area contributed by atoms with Gasteiger partial charge in [0.1, 0.15) is 5.52 Å². The predicted molar refractivity (Wildman–Crippen MR) is 114 cm³/mol. The summed E-state index contributed by atoms with van der Waals surface area (Å²) >= 11 is 0. The molecule has 0 amide bonds. The van der Waals surface area contributed by atoms with Crippen LogP contribution in [0.15, 0.2) is 76.1 Å². The monoisotopic (exact) mass is 386 g/mol. The molecule has 0 fully saturated rings. The third kappa shape index (κ3) is 3.98. The lowest BCUT2D eigenvalue weighted by Crippen LogP contribution is -2.07. The molecule has 0 bridgehead atoms. The highest BCUT2D eigenvalue weighted by atomic mass is 16.6. The number of nitro groups is 1. The Bertz CT molecular complexity index is 1190. The van der Waals surface area contributed by atoms with Crippen LogP contribution in [0.4, 0.5) is 17.1 Å². The highest BCUT2D eigenvalue weighted by molar-refractivity contribution is 5.85. The standard InChI is InChI=1S/C22H18N4O3/c1-25(2)18-10-5-16(6-11-18)22-24-20-13-17(7-12-21(20)29-22)23-14-15-3-8-19(9-4-15)26(27)28/h3-14H,1-2H3. The summed E-state index contributed by atoms with van der Waals surface area (Å²) < 4.78 is 5.87. The Kier molecular flexibility index (Phi) is 4.78.